The number of cyclic esters (lactones) is 1. The van der Waals surface area contributed by atoms with Crippen LogP contribution < -0.4 is 14.8 Å². The van der Waals surface area contributed by atoms with Crippen LogP contribution in [0.25, 0.3) is 0 Å². The van der Waals surface area contributed by atoms with Gasteiger partial charge in [0.15, 0.2) is 23.6 Å². The minimum Gasteiger partial charge on any atom is -0.459 e. The fourth-order valence-electron chi connectivity index (χ4n) is 3.09. The summed E-state index contributed by atoms with van der Waals surface area (Å²) >= 11 is 3.47. The number of alkyl carbamates (subject to hydrolysis) is 1. The second kappa shape index (κ2) is 7.71. The number of fused-ring (bicyclic) bond motifs is 1. The molecule has 7 nitrogen and oxygen atoms in total. The van der Waals surface area contributed by atoms with Crippen LogP contribution in [0.4, 0.5) is 4.79 Å². The molecule has 2 heterocycles. The number of halogens is 1. The van der Waals surface area contributed by atoms with Crippen molar-refractivity contribution in [2.24, 2.45) is 0 Å². The summed E-state index contributed by atoms with van der Waals surface area (Å²) in [5.41, 5.74) is 1.45. The Kier molecular flexibility index (Phi) is 5.13. The van der Waals surface area contributed by atoms with Crippen LogP contribution in [0.2, 0.25) is 0 Å². The van der Waals surface area contributed by atoms with Crippen molar-refractivity contribution in [1.82, 2.24) is 5.32 Å². The van der Waals surface area contributed by atoms with Gasteiger partial charge in [0.25, 0.3) is 0 Å². The summed E-state index contributed by atoms with van der Waals surface area (Å²) in [5, 5.41) is 2.52. The Morgan fingerprint density at radius 2 is 1.86 bits per heavy atom. The van der Waals surface area contributed by atoms with Gasteiger partial charge in [0.1, 0.15) is 6.61 Å². The Labute approximate surface area is 170 Å². The van der Waals surface area contributed by atoms with E-state index in [2.05, 4.69) is 21.2 Å². The molecule has 1 fully saturated rings. The fraction of sp³-hybridized carbons (Fsp3) is 0.300. The molecule has 0 aromatic heterocycles. The van der Waals surface area contributed by atoms with Gasteiger partial charge in [0.2, 0.25) is 6.29 Å². The van der Waals surface area contributed by atoms with Gasteiger partial charge in [-0.05, 0) is 17.7 Å². The van der Waals surface area contributed by atoms with Gasteiger partial charge in [-0.1, -0.05) is 53.2 Å². The number of ether oxygens (including phenoxy) is 4. The Bertz CT molecular complexity index is 903. The predicted molar refractivity (Wildman–Crippen MR) is 102 cm³/mol. The molecule has 4 rings (SSSR count). The number of hydrogen-bond acceptors (Lipinski definition) is 6. The molecule has 1 N–H and O–H groups in total. The monoisotopic (exact) mass is 447 g/mol. The summed E-state index contributed by atoms with van der Waals surface area (Å²) in [6, 6.07) is 11.8. The van der Waals surface area contributed by atoms with Gasteiger partial charge in [-0.25, -0.2) is 9.59 Å². The molecule has 3 unspecified atom stereocenters. The first kappa shape index (κ1) is 18.6. The lowest BCUT2D eigenvalue weighted by atomic mass is 10.0. The molecular formula is C20H18BrNO6. The lowest BCUT2D eigenvalue weighted by Crippen LogP contribution is -2.37. The number of benzene rings is 2. The zero-order valence-electron chi connectivity index (χ0n) is 15.0. The topological polar surface area (TPSA) is 83.1 Å². The van der Waals surface area contributed by atoms with E-state index in [9.17, 15) is 9.59 Å². The fourth-order valence-corrected chi connectivity index (χ4v) is 3.64. The van der Waals surface area contributed by atoms with E-state index in [4.69, 9.17) is 18.9 Å². The van der Waals surface area contributed by atoms with Crippen LogP contribution in [0, 0.1) is 0 Å². The molecule has 3 atom stereocenters. The molecule has 0 spiro atoms. The number of carbonyl (C=O) groups is 2. The van der Waals surface area contributed by atoms with Gasteiger partial charge in [-0.15, -0.1) is 0 Å². The van der Waals surface area contributed by atoms with Gasteiger partial charge < -0.3 is 24.3 Å². The second-order valence-corrected chi connectivity index (χ2v) is 7.29. The molecule has 28 heavy (non-hydrogen) atoms. The van der Waals surface area contributed by atoms with Gasteiger partial charge in [-0.3, -0.25) is 0 Å². The molecule has 1 amide bonds. The van der Waals surface area contributed by atoms with Crippen LogP contribution in [0.1, 0.15) is 30.6 Å². The number of esters is 1. The van der Waals surface area contributed by atoms with E-state index in [1.807, 2.05) is 37.3 Å². The van der Waals surface area contributed by atoms with Crippen LogP contribution in [-0.4, -0.2) is 24.4 Å². The highest BCUT2D eigenvalue weighted by Crippen LogP contribution is 2.43. The van der Waals surface area contributed by atoms with E-state index in [0.717, 1.165) is 5.56 Å². The van der Waals surface area contributed by atoms with Gasteiger partial charge in [0.05, 0.1) is 0 Å². The normalized spacial score (nSPS) is 22.5. The highest BCUT2D eigenvalue weighted by atomic mass is 79.9. The molecule has 0 bridgehead atoms. The summed E-state index contributed by atoms with van der Waals surface area (Å²) in [6.45, 7) is 2.06. The smallest absolute Gasteiger partial charge is 0.408 e. The number of rotatable bonds is 5. The quantitative estimate of drug-likeness (QED) is 0.700. The van der Waals surface area contributed by atoms with Crippen LogP contribution in [-0.2, 0) is 20.9 Å². The maximum atomic E-state index is 12.6. The van der Waals surface area contributed by atoms with E-state index in [1.165, 1.54) is 0 Å². The summed E-state index contributed by atoms with van der Waals surface area (Å²) in [4.78, 5) is 24.5. The zero-order valence-corrected chi connectivity index (χ0v) is 16.6. The lowest BCUT2D eigenvalue weighted by molar-refractivity contribution is -0.148. The highest BCUT2D eigenvalue weighted by Gasteiger charge is 2.43. The molecule has 2 aliphatic rings. The van der Waals surface area contributed by atoms with Crippen molar-refractivity contribution in [2.45, 2.75) is 38.4 Å². The molecule has 0 aliphatic carbocycles. The maximum absolute atomic E-state index is 12.6. The van der Waals surface area contributed by atoms with Crippen molar-refractivity contribution in [3.05, 3.63) is 58.1 Å². The Hall–Kier alpha value is -2.74. The van der Waals surface area contributed by atoms with Crippen molar-refractivity contribution < 1.29 is 28.5 Å². The number of hydrogen-bond donors (Lipinski definition) is 1. The van der Waals surface area contributed by atoms with Gasteiger partial charge >= 0.3 is 12.1 Å². The summed E-state index contributed by atoms with van der Waals surface area (Å²) < 4.78 is 22.8. The molecule has 2 aliphatic heterocycles. The third-order valence-corrected chi connectivity index (χ3v) is 5.19. The van der Waals surface area contributed by atoms with Crippen LogP contribution in [0.5, 0.6) is 11.5 Å². The highest BCUT2D eigenvalue weighted by molar-refractivity contribution is 9.10. The lowest BCUT2D eigenvalue weighted by Gasteiger charge is -2.18. The van der Waals surface area contributed by atoms with Crippen molar-refractivity contribution in [3.8, 4) is 11.5 Å². The molecule has 0 radical (unpaired) electrons. The maximum Gasteiger partial charge on any atom is 0.408 e. The average Bonchev–Trinajstić information content (AvgIpc) is 3.28. The summed E-state index contributed by atoms with van der Waals surface area (Å²) in [7, 11) is 0. The zero-order chi connectivity index (χ0) is 19.7. The van der Waals surface area contributed by atoms with E-state index in [0.29, 0.717) is 28.0 Å². The Morgan fingerprint density at radius 1 is 1.14 bits per heavy atom. The van der Waals surface area contributed by atoms with Gasteiger partial charge in [0, 0.05) is 16.5 Å². The molecular weight excluding hydrogens is 430 g/mol. The van der Waals surface area contributed by atoms with E-state index in [-0.39, 0.29) is 12.9 Å². The minimum absolute atomic E-state index is 0.110. The number of nitrogens with one attached hydrogen (secondary N) is 1. The van der Waals surface area contributed by atoms with E-state index >= 15 is 0 Å². The van der Waals surface area contributed by atoms with Crippen LogP contribution >= 0.6 is 15.9 Å². The first-order valence-electron chi connectivity index (χ1n) is 8.89. The predicted octanol–water partition coefficient (Wildman–Crippen LogP) is 3.85. The standard InChI is InChI=1S/C20H18BrNO6/c1-2-16-26-14-8-12(13(21)9-15(14)27-16)18-17(22-20(24)28-18)19(23)25-10-11-6-4-3-5-7-11/h3-9,16-18H,2,10H2,1H3,(H,22,24). The average molecular weight is 448 g/mol. The Balaban J connectivity index is 1.53. The third-order valence-electron chi connectivity index (χ3n) is 4.51. The van der Waals surface area contributed by atoms with Crippen molar-refractivity contribution in [2.75, 3.05) is 0 Å². The molecule has 1 saturated heterocycles. The molecule has 2 aromatic carbocycles. The molecule has 8 heteroatoms. The SMILES string of the molecule is CCC1Oc2cc(Br)c(C3OC(=O)NC3C(=O)OCc3ccccc3)cc2O1. The number of carbonyl (C=O) groups excluding carboxylic acids is 2. The summed E-state index contributed by atoms with van der Waals surface area (Å²) in [6.07, 6.45) is -1.19. The summed E-state index contributed by atoms with van der Waals surface area (Å²) in [5.74, 6) is 0.572. The third kappa shape index (κ3) is 3.64. The minimum atomic E-state index is -0.963. The van der Waals surface area contributed by atoms with Crippen molar-refractivity contribution in [1.29, 1.82) is 0 Å². The van der Waals surface area contributed by atoms with Gasteiger partial charge in [-0.2, -0.15) is 0 Å². The van der Waals surface area contributed by atoms with Crippen molar-refractivity contribution in [3.63, 3.8) is 0 Å². The second-order valence-electron chi connectivity index (χ2n) is 6.44. The first-order chi connectivity index (χ1) is 13.5. The van der Waals surface area contributed by atoms with Crippen LogP contribution in [0.3, 0.4) is 0 Å². The van der Waals surface area contributed by atoms with Crippen LogP contribution in [0.15, 0.2) is 46.9 Å². The largest absolute Gasteiger partial charge is 0.459 e. The van der Waals surface area contributed by atoms with E-state index < -0.39 is 24.2 Å². The molecule has 0 saturated carbocycles. The molecule has 2 aromatic rings. The molecule has 146 valence electrons. The first-order valence-corrected chi connectivity index (χ1v) is 9.69. The van der Waals surface area contributed by atoms with E-state index in [1.54, 1.807) is 12.1 Å². The number of amides is 1. The van der Waals surface area contributed by atoms with Crippen molar-refractivity contribution >= 4 is 28.0 Å². The Morgan fingerprint density at radius 3 is 2.57 bits per heavy atom.